The van der Waals surface area contributed by atoms with Gasteiger partial charge in [-0.1, -0.05) is 29.8 Å². The van der Waals surface area contributed by atoms with Crippen molar-refractivity contribution in [2.45, 2.75) is 44.9 Å². The van der Waals surface area contributed by atoms with Gasteiger partial charge < -0.3 is 19.1 Å². The van der Waals surface area contributed by atoms with Gasteiger partial charge in [0, 0.05) is 43.6 Å². The number of imidazole rings is 1. The van der Waals surface area contributed by atoms with Gasteiger partial charge in [-0.15, -0.1) is 0 Å². The van der Waals surface area contributed by atoms with Gasteiger partial charge in [0.25, 0.3) is 0 Å². The van der Waals surface area contributed by atoms with Crippen molar-refractivity contribution in [1.82, 2.24) is 14.5 Å². The fourth-order valence-corrected chi connectivity index (χ4v) is 4.24. The highest BCUT2D eigenvalue weighted by Crippen LogP contribution is 2.26. The van der Waals surface area contributed by atoms with E-state index in [-0.39, 0.29) is 6.61 Å². The first-order chi connectivity index (χ1) is 16.0. The van der Waals surface area contributed by atoms with Crippen LogP contribution in [0.5, 0.6) is 11.5 Å². The zero-order chi connectivity index (χ0) is 23.1. The predicted molar refractivity (Wildman–Crippen MR) is 130 cm³/mol. The van der Waals surface area contributed by atoms with E-state index in [2.05, 4.69) is 26.6 Å². The third kappa shape index (κ3) is 6.97. The summed E-state index contributed by atoms with van der Waals surface area (Å²) in [5.74, 6) is 2.62. The Balaban J connectivity index is 1.16. The van der Waals surface area contributed by atoms with Crippen molar-refractivity contribution in [3.63, 3.8) is 0 Å². The number of likely N-dealkylation sites (tertiary alicyclic amines) is 1. The number of hydrogen-bond donors (Lipinski definition) is 1. The van der Waals surface area contributed by atoms with Gasteiger partial charge in [0.05, 0.1) is 6.61 Å². The quantitative estimate of drug-likeness (QED) is 0.435. The Hall–Kier alpha value is -2.54. The third-order valence-electron chi connectivity index (χ3n) is 6.16. The van der Waals surface area contributed by atoms with Gasteiger partial charge >= 0.3 is 0 Å². The first kappa shape index (κ1) is 23.6. The average molecular weight is 470 g/mol. The fraction of sp³-hybridized carbons (Fsp3) is 0.423. The molecule has 7 heteroatoms. The highest BCUT2D eigenvalue weighted by molar-refractivity contribution is 6.30. The molecule has 0 unspecified atom stereocenters. The standard InChI is InChI=1S/C26H32ClN3O3/c1-21-28-12-16-30(21)13-3-17-32-24-8-6-22(7-9-24)19-29-14-10-26(31,11-15-29)20-33-25-5-2-4-23(27)18-25/h2,4-9,12,16,18,31H,3,10-11,13-15,17,19-20H2,1H3. The van der Waals surface area contributed by atoms with E-state index in [4.69, 9.17) is 21.1 Å². The summed E-state index contributed by atoms with van der Waals surface area (Å²) in [5, 5.41) is 11.5. The summed E-state index contributed by atoms with van der Waals surface area (Å²) in [5.41, 5.74) is 0.447. The van der Waals surface area contributed by atoms with Crippen LogP contribution in [0.15, 0.2) is 60.9 Å². The average Bonchev–Trinajstić information content (AvgIpc) is 3.23. The summed E-state index contributed by atoms with van der Waals surface area (Å²) in [4.78, 5) is 6.61. The zero-order valence-corrected chi connectivity index (χ0v) is 19.9. The van der Waals surface area contributed by atoms with Crippen molar-refractivity contribution >= 4 is 11.6 Å². The van der Waals surface area contributed by atoms with Gasteiger partial charge in [0.2, 0.25) is 0 Å². The van der Waals surface area contributed by atoms with E-state index < -0.39 is 5.60 Å². The Morgan fingerprint density at radius 3 is 2.55 bits per heavy atom. The molecular weight excluding hydrogens is 438 g/mol. The van der Waals surface area contributed by atoms with Crippen LogP contribution in [0.1, 0.15) is 30.7 Å². The maximum absolute atomic E-state index is 10.9. The number of piperidine rings is 1. The molecule has 1 N–H and O–H groups in total. The van der Waals surface area contributed by atoms with E-state index >= 15 is 0 Å². The molecule has 4 rings (SSSR count). The Morgan fingerprint density at radius 2 is 1.85 bits per heavy atom. The van der Waals surface area contributed by atoms with Gasteiger partial charge in [0.15, 0.2) is 0 Å². The maximum Gasteiger partial charge on any atom is 0.120 e. The molecule has 0 aliphatic carbocycles. The number of benzene rings is 2. The molecular formula is C26H32ClN3O3. The summed E-state index contributed by atoms with van der Waals surface area (Å²) in [7, 11) is 0. The minimum absolute atomic E-state index is 0.285. The van der Waals surface area contributed by atoms with Gasteiger partial charge in [0.1, 0.15) is 29.5 Å². The van der Waals surface area contributed by atoms with Crippen LogP contribution in [-0.2, 0) is 13.1 Å². The van der Waals surface area contributed by atoms with E-state index in [9.17, 15) is 5.11 Å². The van der Waals surface area contributed by atoms with Crippen LogP contribution in [0, 0.1) is 6.92 Å². The van der Waals surface area contributed by atoms with Crippen molar-refractivity contribution in [1.29, 1.82) is 0 Å². The Bertz CT molecular complexity index is 1010. The lowest BCUT2D eigenvalue weighted by Gasteiger charge is -2.38. The summed E-state index contributed by atoms with van der Waals surface area (Å²) >= 11 is 6.00. The smallest absolute Gasteiger partial charge is 0.120 e. The molecule has 1 aliphatic rings. The second-order valence-corrected chi connectivity index (χ2v) is 9.20. The molecule has 33 heavy (non-hydrogen) atoms. The molecule has 0 bridgehead atoms. The van der Waals surface area contributed by atoms with E-state index in [0.717, 1.165) is 44.2 Å². The highest BCUT2D eigenvalue weighted by atomic mass is 35.5. The highest BCUT2D eigenvalue weighted by Gasteiger charge is 2.33. The molecule has 6 nitrogen and oxygen atoms in total. The predicted octanol–water partition coefficient (Wildman–Crippen LogP) is 4.72. The van der Waals surface area contributed by atoms with Crippen LogP contribution in [0.25, 0.3) is 0 Å². The first-order valence-electron chi connectivity index (χ1n) is 11.5. The van der Waals surface area contributed by atoms with Gasteiger partial charge in [-0.25, -0.2) is 4.98 Å². The largest absolute Gasteiger partial charge is 0.494 e. The van der Waals surface area contributed by atoms with Gasteiger partial charge in [-0.05, 0) is 62.1 Å². The Morgan fingerprint density at radius 1 is 1.06 bits per heavy atom. The molecule has 0 amide bonds. The summed E-state index contributed by atoms with van der Waals surface area (Å²) in [6.07, 6.45) is 6.14. The van der Waals surface area contributed by atoms with Gasteiger partial charge in [-0.3, -0.25) is 4.90 Å². The van der Waals surface area contributed by atoms with Crippen LogP contribution >= 0.6 is 11.6 Å². The Kier molecular flexibility index (Phi) is 7.91. The topological polar surface area (TPSA) is 59.8 Å². The minimum Gasteiger partial charge on any atom is -0.494 e. The van der Waals surface area contributed by atoms with Crippen molar-refractivity contribution in [2.24, 2.45) is 0 Å². The summed E-state index contributed by atoms with van der Waals surface area (Å²) < 4.78 is 13.8. The lowest BCUT2D eigenvalue weighted by molar-refractivity contribution is -0.0537. The second-order valence-electron chi connectivity index (χ2n) is 8.76. The maximum atomic E-state index is 10.9. The lowest BCUT2D eigenvalue weighted by Crippen LogP contribution is -2.47. The van der Waals surface area contributed by atoms with E-state index in [1.54, 1.807) is 6.07 Å². The number of halogens is 1. The molecule has 1 fully saturated rings. The second kappa shape index (κ2) is 11.1. The number of aliphatic hydroxyl groups is 1. The summed E-state index contributed by atoms with van der Waals surface area (Å²) in [6, 6.07) is 15.6. The molecule has 0 radical (unpaired) electrons. The molecule has 2 heterocycles. The molecule has 1 aliphatic heterocycles. The minimum atomic E-state index is -0.800. The van der Waals surface area contributed by atoms with Crippen LogP contribution in [0.2, 0.25) is 5.02 Å². The third-order valence-corrected chi connectivity index (χ3v) is 6.39. The number of nitrogens with zero attached hydrogens (tertiary/aromatic N) is 3. The molecule has 176 valence electrons. The number of aromatic nitrogens is 2. The van der Waals surface area contributed by atoms with Crippen molar-refractivity contribution in [3.8, 4) is 11.5 Å². The van der Waals surface area contributed by atoms with E-state index in [1.807, 2.05) is 49.6 Å². The molecule has 1 saturated heterocycles. The Labute approximate surface area is 200 Å². The van der Waals surface area contributed by atoms with Crippen LogP contribution < -0.4 is 9.47 Å². The molecule has 1 aromatic heterocycles. The molecule has 0 atom stereocenters. The molecule has 2 aromatic carbocycles. The van der Waals surface area contributed by atoms with Crippen LogP contribution in [0.3, 0.4) is 0 Å². The zero-order valence-electron chi connectivity index (χ0n) is 19.1. The lowest BCUT2D eigenvalue weighted by atomic mass is 9.92. The van der Waals surface area contributed by atoms with Crippen LogP contribution in [-0.4, -0.2) is 51.5 Å². The van der Waals surface area contributed by atoms with Crippen molar-refractivity contribution in [2.75, 3.05) is 26.3 Å². The monoisotopic (exact) mass is 469 g/mol. The van der Waals surface area contributed by atoms with Crippen molar-refractivity contribution in [3.05, 3.63) is 77.3 Å². The molecule has 3 aromatic rings. The number of aryl methyl sites for hydroxylation is 2. The van der Waals surface area contributed by atoms with Gasteiger partial charge in [-0.2, -0.15) is 0 Å². The number of ether oxygens (including phenoxy) is 2. The molecule has 0 saturated carbocycles. The number of hydrogen-bond acceptors (Lipinski definition) is 5. The normalized spacial score (nSPS) is 16.0. The summed E-state index contributed by atoms with van der Waals surface area (Å²) in [6.45, 7) is 6.42. The first-order valence-corrected chi connectivity index (χ1v) is 11.9. The van der Waals surface area contributed by atoms with E-state index in [1.165, 1.54) is 5.56 Å². The van der Waals surface area contributed by atoms with Crippen molar-refractivity contribution < 1.29 is 14.6 Å². The fourth-order valence-electron chi connectivity index (χ4n) is 4.06. The van der Waals surface area contributed by atoms with Crippen LogP contribution in [0.4, 0.5) is 0 Å². The SMILES string of the molecule is Cc1nccn1CCCOc1ccc(CN2CCC(O)(COc3cccc(Cl)c3)CC2)cc1. The molecule has 0 spiro atoms. The van der Waals surface area contributed by atoms with E-state index in [0.29, 0.717) is 30.2 Å². The number of rotatable bonds is 10.